The topological polar surface area (TPSA) is 40.5 Å². The van der Waals surface area contributed by atoms with E-state index in [0.29, 0.717) is 22.9 Å². The van der Waals surface area contributed by atoms with E-state index in [1.807, 2.05) is 29.2 Å². The van der Waals surface area contributed by atoms with Crippen LogP contribution in [-0.4, -0.2) is 23.7 Å². The van der Waals surface area contributed by atoms with Gasteiger partial charge in [-0.2, -0.15) is 0 Å². The molecule has 3 nitrogen and oxygen atoms in total. The van der Waals surface area contributed by atoms with Crippen molar-refractivity contribution in [2.24, 2.45) is 11.8 Å². The number of hydrogen-bond donors (Lipinski definition) is 1. The summed E-state index contributed by atoms with van der Waals surface area (Å²) in [6.45, 7) is 4.55. The lowest BCUT2D eigenvalue weighted by Gasteiger charge is -2.39. The van der Waals surface area contributed by atoms with Gasteiger partial charge < -0.3 is 10.0 Å². The summed E-state index contributed by atoms with van der Waals surface area (Å²) in [7, 11) is 0. The number of aliphatic carboxylic acids is 1. The van der Waals surface area contributed by atoms with Crippen molar-refractivity contribution in [3.63, 3.8) is 0 Å². The Labute approximate surface area is 131 Å². The number of anilines is 1. The largest absolute Gasteiger partial charge is 0.480 e. The number of carbonyl (C=O) groups is 1. The highest BCUT2D eigenvalue weighted by Gasteiger charge is 2.29. The zero-order valence-electron chi connectivity index (χ0n) is 12.8. The van der Waals surface area contributed by atoms with Crippen LogP contribution in [0.25, 0.3) is 0 Å². The Hall–Kier alpha value is -1.22. The molecule has 2 unspecified atom stereocenters. The summed E-state index contributed by atoms with van der Waals surface area (Å²) in [5, 5.41) is 9.90. The molecule has 0 saturated heterocycles. The average molecular weight is 310 g/mol. The smallest absolute Gasteiger partial charge is 0.323 e. The average Bonchev–Trinajstić information content (AvgIpc) is 2.44. The number of benzene rings is 1. The van der Waals surface area contributed by atoms with Crippen molar-refractivity contribution in [3.8, 4) is 0 Å². The Morgan fingerprint density at radius 2 is 2.19 bits per heavy atom. The Kier molecular flexibility index (Phi) is 5.51. The Morgan fingerprint density at radius 1 is 1.43 bits per heavy atom. The van der Waals surface area contributed by atoms with Crippen LogP contribution in [0.5, 0.6) is 0 Å². The molecule has 0 bridgehead atoms. The molecule has 0 amide bonds. The van der Waals surface area contributed by atoms with E-state index in [1.54, 1.807) is 0 Å². The number of nitrogens with zero attached hydrogens (tertiary/aromatic N) is 1. The molecule has 1 aromatic carbocycles. The lowest BCUT2D eigenvalue weighted by molar-refractivity contribution is -0.135. The molecule has 21 heavy (non-hydrogen) atoms. The lowest BCUT2D eigenvalue weighted by atomic mass is 9.78. The number of rotatable bonds is 5. The van der Waals surface area contributed by atoms with Crippen molar-refractivity contribution >= 4 is 23.3 Å². The van der Waals surface area contributed by atoms with E-state index in [0.717, 1.165) is 18.5 Å². The van der Waals surface area contributed by atoms with Crippen LogP contribution in [0, 0.1) is 11.8 Å². The minimum absolute atomic E-state index is 0.0375. The van der Waals surface area contributed by atoms with Gasteiger partial charge in [-0.25, -0.2) is 0 Å². The summed E-state index contributed by atoms with van der Waals surface area (Å²) in [5.41, 5.74) is 0.916. The standard InChI is InChI=1S/C17H24ClNO2/c1-12(2)13-5-3-7-15(9-13)19(11-17(20)21)16-8-4-6-14(18)10-16/h4,6,8,10,12-13,15H,3,5,7,9,11H2,1-2H3,(H,20,21). The van der Waals surface area contributed by atoms with Gasteiger partial charge in [0.25, 0.3) is 0 Å². The molecule has 2 atom stereocenters. The van der Waals surface area contributed by atoms with E-state index in [9.17, 15) is 9.90 Å². The predicted octanol–water partition coefficient (Wildman–Crippen LogP) is 4.45. The molecule has 0 aliphatic heterocycles. The van der Waals surface area contributed by atoms with Gasteiger partial charge in [-0.15, -0.1) is 0 Å². The molecule has 1 fully saturated rings. The van der Waals surface area contributed by atoms with Crippen molar-refractivity contribution in [2.45, 2.75) is 45.6 Å². The SMILES string of the molecule is CC(C)C1CCCC(N(CC(=O)O)c2cccc(Cl)c2)C1. The van der Waals surface area contributed by atoms with E-state index >= 15 is 0 Å². The molecular formula is C17H24ClNO2. The maximum atomic E-state index is 11.3. The van der Waals surface area contributed by atoms with Crippen molar-refractivity contribution < 1.29 is 9.90 Å². The van der Waals surface area contributed by atoms with Crippen LogP contribution in [0.15, 0.2) is 24.3 Å². The zero-order chi connectivity index (χ0) is 15.4. The zero-order valence-corrected chi connectivity index (χ0v) is 13.5. The van der Waals surface area contributed by atoms with E-state index in [2.05, 4.69) is 13.8 Å². The second kappa shape index (κ2) is 7.17. The summed E-state index contributed by atoms with van der Waals surface area (Å²) in [6, 6.07) is 7.81. The van der Waals surface area contributed by atoms with Gasteiger partial charge in [0.05, 0.1) is 0 Å². The first-order valence-corrected chi connectivity index (χ1v) is 8.09. The third-order valence-corrected chi connectivity index (χ3v) is 4.75. The van der Waals surface area contributed by atoms with E-state index in [4.69, 9.17) is 11.6 Å². The molecule has 2 rings (SSSR count). The van der Waals surface area contributed by atoms with Crippen molar-refractivity contribution in [1.82, 2.24) is 0 Å². The van der Waals surface area contributed by atoms with Gasteiger partial charge in [-0.1, -0.05) is 44.4 Å². The first-order valence-electron chi connectivity index (χ1n) is 7.71. The predicted molar refractivity (Wildman–Crippen MR) is 87.0 cm³/mol. The Bertz CT molecular complexity index is 489. The molecule has 1 aliphatic carbocycles. The Balaban J connectivity index is 2.21. The van der Waals surface area contributed by atoms with Gasteiger partial charge in [-0.05, 0) is 42.9 Å². The molecule has 0 spiro atoms. The molecule has 116 valence electrons. The summed E-state index contributed by atoms with van der Waals surface area (Å²) in [5.74, 6) is 0.541. The molecular weight excluding hydrogens is 286 g/mol. The van der Waals surface area contributed by atoms with Crippen molar-refractivity contribution in [3.05, 3.63) is 29.3 Å². The lowest BCUT2D eigenvalue weighted by Crippen LogP contribution is -2.42. The minimum Gasteiger partial charge on any atom is -0.480 e. The van der Waals surface area contributed by atoms with Crippen LogP contribution in [0.2, 0.25) is 5.02 Å². The van der Waals surface area contributed by atoms with E-state index < -0.39 is 5.97 Å². The van der Waals surface area contributed by atoms with Crippen molar-refractivity contribution in [1.29, 1.82) is 0 Å². The van der Waals surface area contributed by atoms with Gasteiger partial charge in [0.15, 0.2) is 0 Å². The van der Waals surface area contributed by atoms with Crippen LogP contribution in [0.3, 0.4) is 0 Å². The summed E-state index contributed by atoms with van der Waals surface area (Å²) >= 11 is 6.07. The van der Waals surface area contributed by atoms with Gasteiger partial charge in [-0.3, -0.25) is 4.79 Å². The highest BCUT2D eigenvalue weighted by atomic mass is 35.5. The molecule has 4 heteroatoms. The second-order valence-electron chi connectivity index (χ2n) is 6.33. The number of carboxylic acid groups (broad SMARTS) is 1. The van der Waals surface area contributed by atoms with Crippen LogP contribution in [0.4, 0.5) is 5.69 Å². The van der Waals surface area contributed by atoms with Crippen LogP contribution >= 0.6 is 11.6 Å². The van der Waals surface area contributed by atoms with E-state index in [-0.39, 0.29) is 6.54 Å². The van der Waals surface area contributed by atoms with Crippen LogP contribution in [0.1, 0.15) is 39.5 Å². The second-order valence-corrected chi connectivity index (χ2v) is 6.76. The van der Waals surface area contributed by atoms with Crippen LogP contribution in [-0.2, 0) is 4.79 Å². The maximum Gasteiger partial charge on any atom is 0.323 e. The number of halogens is 1. The third kappa shape index (κ3) is 4.37. The highest BCUT2D eigenvalue weighted by Crippen LogP contribution is 2.34. The van der Waals surface area contributed by atoms with E-state index in [1.165, 1.54) is 12.8 Å². The normalized spacial score (nSPS) is 22.3. The van der Waals surface area contributed by atoms with Gasteiger partial charge >= 0.3 is 5.97 Å². The fraction of sp³-hybridized carbons (Fsp3) is 0.588. The maximum absolute atomic E-state index is 11.3. The molecule has 1 N–H and O–H groups in total. The quantitative estimate of drug-likeness (QED) is 0.873. The molecule has 0 radical (unpaired) electrons. The first-order chi connectivity index (χ1) is 9.97. The third-order valence-electron chi connectivity index (χ3n) is 4.52. The first kappa shape index (κ1) is 16.2. The van der Waals surface area contributed by atoms with Gasteiger partial charge in [0.2, 0.25) is 0 Å². The summed E-state index contributed by atoms with van der Waals surface area (Å²) in [6.07, 6.45) is 4.55. The van der Waals surface area contributed by atoms with Crippen LogP contribution < -0.4 is 4.90 Å². The fourth-order valence-electron chi connectivity index (χ4n) is 3.32. The molecule has 1 aromatic rings. The van der Waals surface area contributed by atoms with Gasteiger partial charge in [0, 0.05) is 16.8 Å². The Morgan fingerprint density at radius 3 is 2.81 bits per heavy atom. The molecule has 0 aromatic heterocycles. The monoisotopic (exact) mass is 309 g/mol. The molecule has 0 heterocycles. The fourth-order valence-corrected chi connectivity index (χ4v) is 3.51. The number of carboxylic acids is 1. The summed E-state index contributed by atoms with van der Waals surface area (Å²) in [4.78, 5) is 13.3. The summed E-state index contributed by atoms with van der Waals surface area (Å²) < 4.78 is 0. The van der Waals surface area contributed by atoms with Crippen molar-refractivity contribution in [2.75, 3.05) is 11.4 Å². The molecule has 1 aliphatic rings. The number of hydrogen-bond acceptors (Lipinski definition) is 2. The van der Waals surface area contributed by atoms with Gasteiger partial charge in [0.1, 0.15) is 6.54 Å². The molecule has 1 saturated carbocycles. The minimum atomic E-state index is -0.790. The highest BCUT2D eigenvalue weighted by molar-refractivity contribution is 6.30.